The lowest BCUT2D eigenvalue weighted by molar-refractivity contribution is -0.137. The molecule has 0 aromatic heterocycles. The molecule has 0 spiro atoms. The van der Waals surface area contributed by atoms with Gasteiger partial charge in [-0.05, 0) is 52.9 Å². The summed E-state index contributed by atoms with van der Waals surface area (Å²) in [6.07, 6.45) is 11.1. The van der Waals surface area contributed by atoms with Crippen LogP contribution in [0.3, 0.4) is 0 Å². The summed E-state index contributed by atoms with van der Waals surface area (Å²) in [6, 6.07) is 0. The first-order chi connectivity index (χ1) is 8.02. The van der Waals surface area contributed by atoms with E-state index in [-0.39, 0.29) is 0 Å². The van der Waals surface area contributed by atoms with Crippen molar-refractivity contribution in [2.24, 2.45) is 0 Å². The minimum Gasteiger partial charge on any atom is -0.481 e. The van der Waals surface area contributed by atoms with Crippen LogP contribution in [0, 0.1) is 0 Å². The van der Waals surface area contributed by atoms with E-state index in [1.165, 1.54) is 11.1 Å². The van der Waals surface area contributed by atoms with Gasteiger partial charge in [0.15, 0.2) is 0 Å². The van der Waals surface area contributed by atoms with E-state index in [0.717, 1.165) is 38.5 Å². The number of unbranched alkanes of at least 4 members (excludes halogenated alkanes) is 3. The number of rotatable bonds is 9. The van der Waals surface area contributed by atoms with Crippen molar-refractivity contribution in [1.82, 2.24) is 0 Å². The molecular weight excluding hydrogens is 212 g/mol. The molecule has 0 aliphatic rings. The predicted octanol–water partition coefficient (Wildman–Crippen LogP) is 4.71. The zero-order valence-corrected chi connectivity index (χ0v) is 11.5. The zero-order valence-electron chi connectivity index (χ0n) is 11.5. The van der Waals surface area contributed by atoms with Gasteiger partial charge in [0.2, 0.25) is 0 Å². The summed E-state index contributed by atoms with van der Waals surface area (Å²) in [7, 11) is 0. The fraction of sp³-hybridized carbons (Fsp3) is 0.667. The topological polar surface area (TPSA) is 37.3 Å². The van der Waals surface area contributed by atoms with Crippen molar-refractivity contribution in [3.63, 3.8) is 0 Å². The van der Waals surface area contributed by atoms with Gasteiger partial charge in [-0.25, -0.2) is 0 Å². The van der Waals surface area contributed by atoms with E-state index in [1.807, 2.05) is 0 Å². The predicted molar refractivity (Wildman–Crippen MR) is 73.1 cm³/mol. The molecule has 0 saturated heterocycles. The highest BCUT2D eigenvalue weighted by atomic mass is 16.4. The monoisotopic (exact) mass is 238 g/mol. The largest absolute Gasteiger partial charge is 0.481 e. The van der Waals surface area contributed by atoms with Gasteiger partial charge in [0, 0.05) is 6.42 Å². The molecule has 0 heterocycles. The summed E-state index contributed by atoms with van der Waals surface area (Å²) in [5.74, 6) is -0.682. The quantitative estimate of drug-likeness (QED) is 0.466. The number of carbonyl (C=O) groups is 1. The fourth-order valence-corrected chi connectivity index (χ4v) is 1.64. The molecule has 0 aliphatic carbocycles. The van der Waals surface area contributed by atoms with Crippen LogP contribution < -0.4 is 0 Å². The van der Waals surface area contributed by atoms with Gasteiger partial charge in [-0.15, -0.1) is 0 Å². The van der Waals surface area contributed by atoms with E-state index in [2.05, 4.69) is 32.9 Å². The van der Waals surface area contributed by atoms with Crippen molar-refractivity contribution in [1.29, 1.82) is 0 Å². The average Bonchev–Trinajstić information content (AvgIpc) is 2.22. The normalized spacial score (nSPS) is 11.4. The molecule has 2 nitrogen and oxygen atoms in total. The van der Waals surface area contributed by atoms with Crippen LogP contribution in [0.1, 0.15) is 65.7 Å². The van der Waals surface area contributed by atoms with Crippen LogP contribution in [0.15, 0.2) is 23.3 Å². The van der Waals surface area contributed by atoms with Gasteiger partial charge in [-0.2, -0.15) is 0 Å². The van der Waals surface area contributed by atoms with Crippen LogP contribution in [-0.4, -0.2) is 11.1 Å². The number of carboxylic acids is 1. The molecular formula is C15H26O2. The maximum Gasteiger partial charge on any atom is 0.303 e. The molecule has 0 saturated carbocycles. The van der Waals surface area contributed by atoms with Crippen molar-refractivity contribution in [3.8, 4) is 0 Å². The van der Waals surface area contributed by atoms with Gasteiger partial charge in [0.25, 0.3) is 0 Å². The average molecular weight is 238 g/mol. The third-order valence-electron chi connectivity index (χ3n) is 2.68. The molecule has 98 valence electrons. The van der Waals surface area contributed by atoms with E-state index in [9.17, 15) is 4.79 Å². The summed E-state index contributed by atoms with van der Waals surface area (Å²) in [4.78, 5) is 10.3. The standard InChI is InChI=1S/C15H26O2/c1-13(2)9-8-11-14(3)10-6-4-5-7-12-15(16)17/h9-10H,4-8,11-12H2,1-3H3,(H,16,17). The molecule has 0 aliphatic heterocycles. The van der Waals surface area contributed by atoms with Gasteiger partial charge in [-0.3, -0.25) is 4.79 Å². The van der Waals surface area contributed by atoms with Crippen LogP contribution in [0.5, 0.6) is 0 Å². The van der Waals surface area contributed by atoms with Crippen LogP contribution in [-0.2, 0) is 4.79 Å². The number of allylic oxidation sites excluding steroid dienone is 4. The van der Waals surface area contributed by atoms with E-state index in [4.69, 9.17) is 5.11 Å². The maximum absolute atomic E-state index is 10.3. The molecule has 1 N–H and O–H groups in total. The Morgan fingerprint density at radius 2 is 1.65 bits per heavy atom. The Labute approximate surface area is 105 Å². The van der Waals surface area contributed by atoms with Gasteiger partial charge < -0.3 is 5.11 Å². The summed E-state index contributed by atoms with van der Waals surface area (Å²) < 4.78 is 0. The van der Waals surface area contributed by atoms with Gasteiger partial charge in [0.05, 0.1) is 0 Å². The highest BCUT2D eigenvalue weighted by Crippen LogP contribution is 2.10. The third-order valence-corrected chi connectivity index (χ3v) is 2.68. The Morgan fingerprint density at radius 3 is 2.24 bits per heavy atom. The summed E-state index contributed by atoms with van der Waals surface area (Å²) in [6.45, 7) is 6.43. The van der Waals surface area contributed by atoms with Crippen molar-refractivity contribution >= 4 is 5.97 Å². The van der Waals surface area contributed by atoms with Crippen LogP contribution in [0.25, 0.3) is 0 Å². The first-order valence-electron chi connectivity index (χ1n) is 6.53. The third kappa shape index (κ3) is 12.9. The second kappa shape index (κ2) is 10.1. The molecule has 0 amide bonds. The number of hydrogen-bond acceptors (Lipinski definition) is 1. The molecule has 17 heavy (non-hydrogen) atoms. The van der Waals surface area contributed by atoms with Crippen molar-refractivity contribution in [2.75, 3.05) is 0 Å². The molecule has 0 unspecified atom stereocenters. The van der Waals surface area contributed by atoms with Gasteiger partial charge in [0.1, 0.15) is 0 Å². The molecule has 0 bridgehead atoms. The highest BCUT2D eigenvalue weighted by Gasteiger charge is 1.95. The minimum absolute atomic E-state index is 0.309. The maximum atomic E-state index is 10.3. The Bertz CT molecular complexity index is 271. The molecule has 0 aromatic carbocycles. The van der Waals surface area contributed by atoms with E-state index in [0.29, 0.717) is 6.42 Å². The second-order valence-corrected chi connectivity index (χ2v) is 4.86. The Hall–Kier alpha value is -1.05. The molecule has 0 aromatic rings. The smallest absolute Gasteiger partial charge is 0.303 e. The zero-order chi connectivity index (χ0) is 13.1. The number of hydrogen-bond donors (Lipinski definition) is 1. The molecule has 0 radical (unpaired) electrons. The van der Waals surface area contributed by atoms with Crippen molar-refractivity contribution in [2.45, 2.75) is 65.7 Å². The van der Waals surface area contributed by atoms with Crippen LogP contribution >= 0.6 is 0 Å². The Balaban J connectivity index is 3.50. The summed E-state index contributed by atoms with van der Waals surface area (Å²) >= 11 is 0. The Kier molecular flexibility index (Phi) is 9.50. The number of carboxylic acid groups (broad SMARTS) is 1. The lowest BCUT2D eigenvalue weighted by Gasteiger charge is -2.00. The van der Waals surface area contributed by atoms with Crippen molar-refractivity contribution in [3.05, 3.63) is 23.3 Å². The van der Waals surface area contributed by atoms with E-state index < -0.39 is 5.97 Å². The second-order valence-electron chi connectivity index (χ2n) is 4.86. The molecule has 2 heteroatoms. The van der Waals surface area contributed by atoms with E-state index >= 15 is 0 Å². The molecule has 0 atom stereocenters. The summed E-state index contributed by atoms with van der Waals surface area (Å²) in [5.41, 5.74) is 2.83. The lowest BCUT2D eigenvalue weighted by Crippen LogP contribution is -1.93. The minimum atomic E-state index is -0.682. The van der Waals surface area contributed by atoms with E-state index in [1.54, 1.807) is 0 Å². The lowest BCUT2D eigenvalue weighted by atomic mass is 10.1. The molecule has 0 rings (SSSR count). The Morgan fingerprint density at radius 1 is 0.941 bits per heavy atom. The van der Waals surface area contributed by atoms with Crippen molar-refractivity contribution < 1.29 is 9.90 Å². The van der Waals surface area contributed by atoms with Gasteiger partial charge >= 0.3 is 5.97 Å². The first kappa shape index (κ1) is 16.0. The highest BCUT2D eigenvalue weighted by molar-refractivity contribution is 5.66. The number of aliphatic carboxylic acids is 1. The fourth-order valence-electron chi connectivity index (χ4n) is 1.64. The van der Waals surface area contributed by atoms with Crippen LogP contribution in [0.4, 0.5) is 0 Å². The molecule has 0 fully saturated rings. The first-order valence-corrected chi connectivity index (χ1v) is 6.53. The SMILES string of the molecule is CC(C)=CCCC(C)=CCCCCCC(=O)O. The van der Waals surface area contributed by atoms with Gasteiger partial charge in [-0.1, -0.05) is 29.7 Å². The summed E-state index contributed by atoms with van der Waals surface area (Å²) in [5, 5.41) is 8.48. The van der Waals surface area contributed by atoms with Crippen LogP contribution in [0.2, 0.25) is 0 Å².